The lowest BCUT2D eigenvalue weighted by Crippen LogP contribution is -2.56. The van der Waals surface area contributed by atoms with Gasteiger partial charge in [-0.05, 0) is 54.2 Å². The van der Waals surface area contributed by atoms with Crippen molar-refractivity contribution in [2.75, 3.05) is 18.6 Å². The summed E-state index contributed by atoms with van der Waals surface area (Å²) in [5, 5.41) is 8.72. The van der Waals surface area contributed by atoms with Crippen molar-refractivity contribution in [3.05, 3.63) is 215 Å². The zero-order valence-corrected chi connectivity index (χ0v) is 35.5. The van der Waals surface area contributed by atoms with Crippen LogP contribution >= 0.6 is 23.5 Å². The normalized spacial score (nSPS) is 12.7. The second kappa shape index (κ2) is 19.8. The molecule has 6 aromatic carbocycles. The Morgan fingerprint density at radius 1 is 0.458 bits per heavy atom. The minimum atomic E-state index is -1.09. The van der Waals surface area contributed by atoms with Crippen LogP contribution < -0.4 is 16.0 Å². The summed E-state index contributed by atoms with van der Waals surface area (Å²) in [5.41, 5.74) is 5.32. The molecule has 3 amide bonds. The molecule has 3 N–H and O–H groups in total. The van der Waals surface area contributed by atoms with Gasteiger partial charge in [0.1, 0.15) is 17.7 Å². The molecule has 6 aromatic rings. The maximum Gasteiger partial charge on any atom is 0.408 e. The number of ether oxygens (including phenoxy) is 1. The topological polar surface area (TPSA) is 96.5 Å². The first-order valence-corrected chi connectivity index (χ1v) is 21.7. The summed E-state index contributed by atoms with van der Waals surface area (Å²) in [6, 6.07) is 59.0. The molecule has 0 saturated carbocycles. The van der Waals surface area contributed by atoms with Gasteiger partial charge in [0.05, 0.1) is 9.49 Å². The summed E-state index contributed by atoms with van der Waals surface area (Å²) in [5.74, 6) is -0.521. The van der Waals surface area contributed by atoms with Crippen LogP contribution in [-0.4, -0.2) is 54.1 Å². The summed E-state index contributed by atoms with van der Waals surface area (Å²) < 4.78 is 4.19. The van der Waals surface area contributed by atoms with Crippen LogP contribution in [0.4, 0.5) is 4.79 Å². The average molecular weight is 822 g/mol. The van der Waals surface area contributed by atoms with E-state index in [4.69, 9.17) is 4.74 Å². The summed E-state index contributed by atoms with van der Waals surface area (Å²) in [4.78, 5) is 42.1. The number of carbonyl (C=O) groups is 3. The first kappa shape index (κ1) is 42.8. The molecule has 6 rings (SSSR count). The van der Waals surface area contributed by atoms with Gasteiger partial charge in [-0.25, -0.2) is 4.79 Å². The van der Waals surface area contributed by atoms with Gasteiger partial charge < -0.3 is 20.7 Å². The first-order chi connectivity index (χ1) is 28.6. The van der Waals surface area contributed by atoms with Crippen LogP contribution in [0, 0.1) is 0 Å². The summed E-state index contributed by atoms with van der Waals surface area (Å²) in [7, 11) is 1.56. The SMILES string of the molecule is CNC(=O)[C@@H](CSC(c1ccccc1)(c1ccccc1)c1ccccc1)NC(=O)[C@@H](CSC(c1ccccc1)(c1ccccc1)c1ccccc1)NC(=O)OC(C)(C)C. The Labute approximate surface area is 356 Å². The largest absolute Gasteiger partial charge is 0.444 e. The number of amides is 3. The van der Waals surface area contributed by atoms with Crippen LogP contribution in [0.25, 0.3) is 0 Å². The number of hydrogen-bond acceptors (Lipinski definition) is 6. The highest BCUT2D eigenvalue weighted by molar-refractivity contribution is 8.01. The molecule has 0 aliphatic heterocycles. The van der Waals surface area contributed by atoms with Crippen molar-refractivity contribution in [2.45, 2.75) is 47.9 Å². The second-order valence-corrected chi connectivity index (χ2v) is 17.5. The van der Waals surface area contributed by atoms with E-state index in [0.717, 1.165) is 33.4 Å². The predicted octanol–water partition coefficient (Wildman–Crippen LogP) is 9.56. The van der Waals surface area contributed by atoms with Crippen molar-refractivity contribution < 1.29 is 19.1 Å². The number of benzene rings is 6. The fraction of sp³-hybridized carbons (Fsp3) is 0.220. The highest BCUT2D eigenvalue weighted by Gasteiger charge is 2.41. The number of thioether (sulfide) groups is 2. The smallest absolute Gasteiger partial charge is 0.408 e. The minimum absolute atomic E-state index is 0.138. The molecule has 0 spiro atoms. The molecule has 2 atom stereocenters. The lowest BCUT2D eigenvalue weighted by Gasteiger charge is -2.37. The fourth-order valence-corrected chi connectivity index (χ4v) is 10.3. The van der Waals surface area contributed by atoms with Crippen LogP contribution in [0.2, 0.25) is 0 Å². The van der Waals surface area contributed by atoms with Gasteiger partial charge in [0.25, 0.3) is 0 Å². The third-order valence-corrected chi connectivity index (χ3v) is 13.2. The highest BCUT2D eigenvalue weighted by Crippen LogP contribution is 2.50. The third-order valence-electron chi connectivity index (χ3n) is 9.90. The van der Waals surface area contributed by atoms with Crippen molar-refractivity contribution >= 4 is 41.4 Å². The van der Waals surface area contributed by atoms with E-state index in [1.807, 2.05) is 109 Å². The van der Waals surface area contributed by atoms with Gasteiger partial charge >= 0.3 is 6.09 Å². The number of carbonyl (C=O) groups excluding carboxylic acids is 3. The number of rotatable bonds is 16. The molecule has 0 radical (unpaired) electrons. The summed E-state index contributed by atoms with van der Waals surface area (Å²) >= 11 is 3.11. The van der Waals surface area contributed by atoms with Gasteiger partial charge in [0.15, 0.2) is 0 Å². The molecule has 59 heavy (non-hydrogen) atoms. The molecule has 7 nitrogen and oxygen atoms in total. The minimum Gasteiger partial charge on any atom is -0.444 e. The van der Waals surface area contributed by atoms with Crippen molar-refractivity contribution in [1.82, 2.24) is 16.0 Å². The van der Waals surface area contributed by atoms with Crippen LogP contribution in [0.1, 0.15) is 54.2 Å². The Balaban J connectivity index is 1.37. The maximum absolute atomic E-state index is 14.8. The van der Waals surface area contributed by atoms with Crippen molar-refractivity contribution in [3.8, 4) is 0 Å². The fourth-order valence-electron chi connectivity index (χ4n) is 7.22. The van der Waals surface area contributed by atoms with Gasteiger partial charge in [-0.15, -0.1) is 23.5 Å². The quantitative estimate of drug-likeness (QED) is 0.0843. The van der Waals surface area contributed by atoms with Gasteiger partial charge in [-0.3, -0.25) is 9.59 Å². The van der Waals surface area contributed by atoms with Crippen LogP contribution in [0.5, 0.6) is 0 Å². The second-order valence-electron chi connectivity index (χ2n) is 15.1. The molecule has 0 fully saturated rings. The first-order valence-electron chi connectivity index (χ1n) is 19.7. The van der Waals surface area contributed by atoms with E-state index in [0.29, 0.717) is 0 Å². The molecule has 0 aliphatic carbocycles. The standard InChI is InChI=1S/C50H51N3O4S2/c1-48(2,3)57-47(56)53-44(36-59-50(40-29-17-8-18-30-40,41-31-19-9-20-32-41)42-33-21-10-22-34-42)46(55)52-43(45(54)51-4)35-58-49(37-23-11-5-12-24-37,38-25-13-6-14-26-38)39-27-15-7-16-28-39/h5-34,43-44H,35-36H2,1-4H3,(H,51,54)(H,52,55)(H,53,56)/t43-,44-/m1/s1. The monoisotopic (exact) mass is 821 g/mol. The Kier molecular flexibility index (Phi) is 14.4. The molecule has 0 bridgehead atoms. The number of alkyl carbamates (subject to hydrolysis) is 1. The van der Waals surface area contributed by atoms with E-state index >= 15 is 0 Å². The average Bonchev–Trinajstić information content (AvgIpc) is 3.27. The van der Waals surface area contributed by atoms with E-state index in [2.05, 4.69) is 88.7 Å². The van der Waals surface area contributed by atoms with Crippen LogP contribution in [0.3, 0.4) is 0 Å². The van der Waals surface area contributed by atoms with E-state index in [-0.39, 0.29) is 17.4 Å². The number of nitrogens with one attached hydrogen (secondary N) is 3. The molecule has 0 aliphatic rings. The lowest BCUT2D eigenvalue weighted by molar-refractivity contribution is -0.129. The molecule has 302 valence electrons. The molecule has 0 aromatic heterocycles. The predicted molar refractivity (Wildman–Crippen MR) is 242 cm³/mol. The molecular formula is C50H51N3O4S2. The van der Waals surface area contributed by atoms with Crippen molar-refractivity contribution in [1.29, 1.82) is 0 Å². The molecule has 9 heteroatoms. The van der Waals surface area contributed by atoms with Crippen LogP contribution in [-0.2, 0) is 23.8 Å². The van der Waals surface area contributed by atoms with E-state index in [1.54, 1.807) is 39.6 Å². The Morgan fingerprint density at radius 2 is 0.729 bits per heavy atom. The van der Waals surface area contributed by atoms with E-state index in [9.17, 15) is 14.4 Å². The summed E-state index contributed by atoms with van der Waals surface area (Å²) in [6.45, 7) is 5.33. The summed E-state index contributed by atoms with van der Waals surface area (Å²) in [6.07, 6.45) is -0.731. The molecule has 0 heterocycles. The Morgan fingerprint density at radius 3 is 0.983 bits per heavy atom. The Bertz CT molecular complexity index is 2050. The Hall–Kier alpha value is -5.77. The van der Waals surface area contributed by atoms with Crippen LogP contribution in [0.15, 0.2) is 182 Å². The van der Waals surface area contributed by atoms with E-state index < -0.39 is 39.2 Å². The zero-order valence-electron chi connectivity index (χ0n) is 33.8. The van der Waals surface area contributed by atoms with E-state index in [1.165, 1.54) is 11.8 Å². The zero-order chi connectivity index (χ0) is 41.7. The molecule has 0 saturated heterocycles. The third kappa shape index (κ3) is 10.3. The number of likely N-dealkylation sites (N-methyl/N-ethyl adjacent to an activating group) is 1. The molecule has 0 unspecified atom stereocenters. The van der Waals surface area contributed by atoms with Gasteiger partial charge in [-0.2, -0.15) is 0 Å². The van der Waals surface area contributed by atoms with Gasteiger partial charge in [-0.1, -0.05) is 182 Å². The maximum atomic E-state index is 14.8. The van der Waals surface area contributed by atoms with Crippen molar-refractivity contribution in [2.24, 2.45) is 0 Å². The highest BCUT2D eigenvalue weighted by atomic mass is 32.2. The number of hydrogen-bond donors (Lipinski definition) is 3. The molecular weight excluding hydrogens is 771 g/mol. The lowest BCUT2D eigenvalue weighted by atomic mass is 9.84. The van der Waals surface area contributed by atoms with Crippen molar-refractivity contribution in [3.63, 3.8) is 0 Å². The van der Waals surface area contributed by atoms with Gasteiger partial charge in [0, 0.05) is 18.6 Å². The van der Waals surface area contributed by atoms with Gasteiger partial charge in [0.2, 0.25) is 11.8 Å².